The number of para-hydroxylation sites is 1. The molecule has 3 unspecified atom stereocenters. The van der Waals surface area contributed by atoms with E-state index in [4.69, 9.17) is 9.26 Å². The number of unbranched alkanes of at least 4 members (excludes halogenated alkanes) is 2. The summed E-state index contributed by atoms with van der Waals surface area (Å²) >= 11 is 1.28. The number of likely N-dealkylation sites (tertiary alicyclic amines) is 2. The number of carbonyl (C=O) groups is 4. The molecule has 2 aromatic heterocycles. The van der Waals surface area contributed by atoms with Crippen LogP contribution >= 0.6 is 18.9 Å². The Morgan fingerprint density at radius 2 is 1.71 bits per heavy atom. The zero-order valence-corrected chi connectivity index (χ0v) is 37.3. The van der Waals surface area contributed by atoms with Crippen LogP contribution in [0.3, 0.4) is 0 Å². The normalized spacial score (nSPS) is 15.9. The minimum Gasteiger partial charge on any atom is -0.465 e. The monoisotopic (exact) mass is 855 g/mol. The largest absolute Gasteiger partial charge is 0.465 e. The number of hydrogen-bond acceptors (Lipinski definition) is 11. The second-order valence-electron chi connectivity index (χ2n) is 14.3. The number of ether oxygens (including phenoxy) is 1. The van der Waals surface area contributed by atoms with Crippen LogP contribution in [0.2, 0.25) is 0 Å². The van der Waals surface area contributed by atoms with Crippen molar-refractivity contribution in [3.05, 3.63) is 95.1 Å². The number of nitrogens with zero attached hydrogens (tertiary/aromatic N) is 3. The molecule has 1 amide bonds. The average molecular weight is 856 g/mol. The molecule has 0 radical (unpaired) electrons. The molecule has 2 fully saturated rings. The Kier molecular flexibility index (Phi) is 23.6. The fourth-order valence-corrected chi connectivity index (χ4v) is 8.50. The second-order valence-corrected chi connectivity index (χ2v) is 17.8. The Labute approximate surface area is 353 Å². The number of thiophene rings is 1. The van der Waals surface area contributed by atoms with Gasteiger partial charge in [0.25, 0.3) is 0 Å². The summed E-state index contributed by atoms with van der Waals surface area (Å²) in [5.41, 5.74) is 1.33. The van der Waals surface area contributed by atoms with Gasteiger partial charge < -0.3 is 29.2 Å². The number of alkyl halides is 1. The highest BCUT2D eigenvalue weighted by Crippen LogP contribution is 2.62. The molecular weight excluding hydrogens is 793 g/mol. The van der Waals surface area contributed by atoms with Crippen molar-refractivity contribution in [2.45, 2.75) is 83.6 Å². The number of aldehydes is 2. The first kappa shape index (κ1) is 50.8. The first-order valence-corrected chi connectivity index (χ1v) is 22.5. The minimum atomic E-state index is -4.37. The maximum Gasteiger partial charge on any atom is 0.358 e. The summed E-state index contributed by atoms with van der Waals surface area (Å²) in [5.74, 6) is 0.0496. The highest BCUT2D eigenvalue weighted by molar-refractivity contribution is 7.58. The molecular formula is C44H63FN5O7PS. The topological polar surface area (TPSA) is 147 Å². The van der Waals surface area contributed by atoms with Gasteiger partial charge in [0.15, 0.2) is 6.29 Å². The summed E-state index contributed by atoms with van der Waals surface area (Å²) in [7, 11) is 1.55. The molecule has 3 atom stereocenters. The summed E-state index contributed by atoms with van der Waals surface area (Å²) < 4.78 is 42.0. The third kappa shape index (κ3) is 17.1. The second kappa shape index (κ2) is 27.4. The molecule has 2 saturated heterocycles. The number of carbonyl (C=O) groups excluding carboxylic acids is 4. The molecule has 15 heteroatoms. The van der Waals surface area contributed by atoms with Crippen molar-refractivity contribution in [2.75, 3.05) is 53.9 Å². The van der Waals surface area contributed by atoms with Crippen LogP contribution < -0.4 is 14.9 Å². The molecule has 59 heavy (non-hydrogen) atoms. The van der Waals surface area contributed by atoms with Crippen molar-refractivity contribution in [3.63, 3.8) is 0 Å². The van der Waals surface area contributed by atoms with Crippen LogP contribution in [-0.2, 0) is 29.1 Å². The highest BCUT2D eigenvalue weighted by atomic mass is 32.1. The standard InChI is InChI=1S/C23H25FNO5PS.C9H10N2O.C5H11N.C5H10O.C2H7N/c1-4-12-29-22(27)16(2)25-31(28,30-19-8-6-5-7-9-19)23(3,24)18-10-11-21-17(13-18)14-20(15-26)32-21;12-7-11-5-9(6-11)8-2-1-3-10-4-8;1-6-4-2-3-5-6;1-2-3-4-5-6;1-3-2/h5-11,13-16H,4,12H2,1-3H3,(H,25,28);1-4,7,9H,5-6H2;2-5H2,1H3;5H,2-4H2,1H3;3H,1-2H3. The molecule has 0 saturated carbocycles. The predicted molar refractivity (Wildman–Crippen MR) is 236 cm³/mol. The molecule has 2 aliphatic heterocycles. The van der Waals surface area contributed by atoms with Crippen LogP contribution in [-0.4, -0.2) is 99.7 Å². The average Bonchev–Trinajstić information content (AvgIpc) is 3.89. The lowest BCUT2D eigenvalue weighted by molar-refractivity contribution is -0.145. The van der Waals surface area contributed by atoms with Gasteiger partial charge in [-0.25, -0.2) is 9.48 Å². The molecule has 0 spiro atoms. The van der Waals surface area contributed by atoms with Gasteiger partial charge in [0.2, 0.25) is 11.8 Å². The number of aromatic nitrogens is 1. The number of pyridine rings is 1. The van der Waals surface area contributed by atoms with Gasteiger partial charge in [-0.05, 0) is 121 Å². The van der Waals surface area contributed by atoms with E-state index in [2.05, 4.69) is 40.3 Å². The van der Waals surface area contributed by atoms with Gasteiger partial charge in [0.1, 0.15) is 18.1 Å². The fourth-order valence-electron chi connectivity index (χ4n) is 5.66. The lowest BCUT2D eigenvalue weighted by Crippen LogP contribution is -2.43. The van der Waals surface area contributed by atoms with E-state index < -0.39 is 24.9 Å². The third-order valence-corrected chi connectivity index (χ3v) is 12.7. The Balaban J connectivity index is 0.000000356. The van der Waals surface area contributed by atoms with E-state index in [-0.39, 0.29) is 17.9 Å². The zero-order valence-electron chi connectivity index (χ0n) is 35.6. The van der Waals surface area contributed by atoms with Crippen LogP contribution in [0, 0.1) is 0 Å². The summed E-state index contributed by atoms with van der Waals surface area (Å²) in [6, 6.07) is 17.5. The van der Waals surface area contributed by atoms with E-state index in [0.717, 1.165) is 63.0 Å². The molecule has 12 nitrogen and oxygen atoms in total. The maximum atomic E-state index is 16.4. The SMILES string of the molecule is CCCCC=O.CCCOC(=O)C(C)NP(=O)(Oc1ccccc1)C(C)(F)c1ccc2sc(C=O)cc2c1.CN1CCCC1.CNC.O=CN1CC(c2cccnc2)C1. The lowest BCUT2D eigenvalue weighted by Gasteiger charge is -2.36. The number of amides is 1. The molecule has 2 aliphatic rings. The Morgan fingerprint density at radius 3 is 2.22 bits per heavy atom. The van der Waals surface area contributed by atoms with Gasteiger partial charge in [0.05, 0.1) is 11.5 Å². The van der Waals surface area contributed by atoms with Gasteiger partial charge >= 0.3 is 13.5 Å². The first-order chi connectivity index (χ1) is 28.3. The number of benzene rings is 2. The van der Waals surface area contributed by atoms with Gasteiger partial charge in [-0.3, -0.25) is 23.9 Å². The van der Waals surface area contributed by atoms with E-state index >= 15 is 4.39 Å². The van der Waals surface area contributed by atoms with Crippen molar-refractivity contribution in [3.8, 4) is 5.75 Å². The maximum absolute atomic E-state index is 16.4. The van der Waals surface area contributed by atoms with Crippen molar-refractivity contribution in [1.82, 2.24) is 25.2 Å². The van der Waals surface area contributed by atoms with Gasteiger partial charge in [-0.1, -0.05) is 50.6 Å². The number of rotatable bonds is 15. The zero-order chi connectivity index (χ0) is 43.7. The smallest absolute Gasteiger partial charge is 0.358 e. The fraction of sp³-hybridized carbons (Fsp3) is 0.477. The lowest BCUT2D eigenvalue weighted by atomic mass is 9.94. The molecule has 6 rings (SSSR count). The van der Waals surface area contributed by atoms with Crippen LogP contribution in [0.5, 0.6) is 5.75 Å². The number of fused-ring (bicyclic) bond motifs is 1. The van der Waals surface area contributed by atoms with Crippen LogP contribution in [0.25, 0.3) is 10.1 Å². The van der Waals surface area contributed by atoms with Crippen molar-refractivity contribution < 1.29 is 37.4 Å². The molecule has 0 bridgehead atoms. The Bertz CT molecular complexity index is 1860. The molecule has 324 valence electrons. The summed E-state index contributed by atoms with van der Waals surface area (Å²) in [6.45, 7) is 11.1. The predicted octanol–water partition coefficient (Wildman–Crippen LogP) is 8.62. The minimum absolute atomic E-state index is 0.0983. The molecule has 0 aliphatic carbocycles. The van der Waals surface area contributed by atoms with Crippen molar-refractivity contribution >= 4 is 53.9 Å². The van der Waals surface area contributed by atoms with E-state index in [1.807, 2.05) is 33.3 Å². The van der Waals surface area contributed by atoms with Gasteiger partial charge in [-0.2, -0.15) is 0 Å². The molecule has 4 aromatic rings. The van der Waals surface area contributed by atoms with Gasteiger partial charge in [-0.15, -0.1) is 11.3 Å². The van der Waals surface area contributed by atoms with Crippen molar-refractivity contribution in [2.24, 2.45) is 0 Å². The first-order valence-electron chi connectivity index (χ1n) is 20.1. The summed E-state index contributed by atoms with van der Waals surface area (Å²) in [6.07, 6.45) is 12.6. The Morgan fingerprint density at radius 1 is 1.03 bits per heavy atom. The Hall–Kier alpha value is -4.33. The van der Waals surface area contributed by atoms with E-state index in [0.29, 0.717) is 22.6 Å². The number of nitrogens with one attached hydrogen (secondary N) is 2. The van der Waals surface area contributed by atoms with Crippen LogP contribution in [0.1, 0.15) is 92.9 Å². The quantitative estimate of drug-likeness (QED) is 0.0513. The summed E-state index contributed by atoms with van der Waals surface area (Å²) in [5, 5.41) is 3.49. The third-order valence-electron chi connectivity index (χ3n) is 9.09. The van der Waals surface area contributed by atoms with E-state index in [9.17, 15) is 23.7 Å². The van der Waals surface area contributed by atoms with Crippen LogP contribution in [0.4, 0.5) is 4.39 Å². The molecule has 2 N–H and O–H groups in total. The van der Waals surface area contributed by atoms with Crippen LogP contribution in [0.15, 0.2) is 79.1 Å². The molecule has 4 heterocycles. The summed E-state index contributed by atoms with van der Waals surface area (Å²) in [4.78, 5) is 51.9. The molecule has 2 aromatic carbocycles. The number of esters is 1. The van der Waals surface area contributed by atoms with E-state index in [1.54, 1.807) is 59.6 Å². The number of hydrogen-bond donors (Lipinski definition) is 2. The van der Waals surface area contributed by atoms with E-state index in [1.165, 1.54) is 55.8 Å². The van der Waals surface area contributed by atoms with Crippen molar-refractivity contribution in [1.29, 1.82) is 0 Å². The number of halogens is 1. The highest BCUT2D eigenvalue weighted by Gasteiger charge is 2.51. The van der Waals surface area contributed by atoms with Gasteiger partial charge in [0, 0.05) is 48.1 Å².